The van der Waals surface area contributed by atoms with Gasteiger partial charge < -0.3 is 4.74 Å². The summed E-state index contributed by atoms with van der Waals surface area (Å²) in [5, 5.41) is 0. The van der Waals surface area contributed by atoms with Crippen molar-refractivity contribution < 1.29 is 4.74 Å². The van der Waals surface area contributed by atoms with Gasteiger partial charge in [-0.05, 0) is 6.07 Å². The van der Waals surface area contributed by atoms with E-state index in [0.29, 0.717) is 11.6 Å². The number of nitrogens with zero attached hydrogens (tertiary/aromatic N) is 4. The number of fused-ring (bicyclic) bond motifs is 1. The number of aromatic nitrogens is 4. The van der Waals surface area contributed by atoms with Gasteiger partial charge in [0.25, 0.3) is 0 Å². The van der Waals surface area contributed by atoms with Crippen LogP contribution in [0.5, 0.6) is 5.88 Å². The van der Waals surface area contributed by atoms with E-state index in [1.54, 1.807) is 31.9 Å². The van der Waals surface area contributed by atoms with Crippen LogP contribution in [0.1, 0.15) is 17.3 Å². The molecule has 2 aromatic heterocycles. The molecule has 1 atom stereocenters. The van der Waals surface area contributed by atoms with E-state index in [-0.39, 0.29) is 0 Å². The molecule has 2 heterocycles. The van der Waals surface area contributed by atoms with Crippen molar-refractivity contribution >= 4 is 11.0 Å². The first-order chi connectivity index (χ1) is 10.3. The largest absolute Gasteiger partial charge is 0.480 e. The third-order valence-corrected chi connectivity index (χ3v) is 3.17. The van der Waals surface area contributed by atoms with Crippen LogP contribution in [0.25, 0.3) is 11.0 Å². The Bertz CT molecular complexity index is 758. The molecule has 0 saturated carbocycles. The van der Waals surface area contributed by atoms with Crippen molar-refractivity contribution in [3.05, 3.63) is 54.2 Å². The van der Waals surface area contributed by atoms with Crippen molar-refractivity contribution in [2.24, 2.45) is 5.84 Å². The fourth-order valence-electron chi connectivity index (χ4n) is 2.26. The molecule has 3 N–H and O–H groups in total. The van der Waals surface area contributed by atoms with Crippen LogP contribution in [0.4, 0.5) is 0 Å². The highest BCUT2D eigenvalue weighted by Gasteiger charge is 2.22. The second-order valence-electron chi connectivity index (χ2n) is 4.32. The normalized spacial score (nSPS) is 12.3. The summed E-state index contributed by atoms with van der Waals surface area (Å²) in [6, 6.07) is 5.33. The Morgan fingerprint density at radius 2 is 1.81 bits per heavy atom. The van der Waals surface area contributed by atoms with Crippen molar-refractivity contribution in [1.82, 2.24) is 25.4 Å². The van der Waals surface area contributed by atoms with Crippen LogP contribution < -0.4 is 16.0 Å². The third-order valence-electron chi connectivity index (χ3n) is 3.17. The van der Waals surface area contributed by atoms with E-state index < -0.39 is 6.04 Å². The molecule has 1 unspecified atom stereocenters. The average molecular weight is 282 g/mol. The first kappa shape index (κ1) is 13.3. The first-order valence-electron chi connectivity index (χ1n) is 6.35. The summed E-state index contributed by atoms with van der Waals surface area (Å²) in [7, 11) is 1.55. The van der Waals surface area contributed by atoms with Crippen molar-refractivity contribution in [3.63, 3.8) is 0 Å². The molecule has 3 rings (SSSR count). The minimum absolute atomic E-state index is 0.394. The van der Waals surface area contributed by atoms with Gasteiger partial charge in [0.15, 0.2) is 0 Å². The van der Waals surface area contributed by atoms with Crippen LogP contribution in [0.2, 0.25) is 0 Å². The molecule has 0 aliphatic heterocycles. The molecule has 0 bridgehead atoms. The van der Waals surface area contributed by atoms with Crippen LogP contribution in [0.3, 0.4) is 0 Å². The maximum atomic E-state index is 5.73. The molecule has 7 heteroatoms. The van der Waals surface area contributed by atoms with Crippen molar-refractivity contribution in [2.45, 2.75) is 6.04 Å². The highest BCUT2D eigenvalue weighted by Crippen LogP contribution is 2.29. The van der Waals surface area contributed by atoms with E-state index in [9.17, 15) is 0 Å². The molecule has 21 heavy (non-hydrogen) atoms. The highest BCUT2D eigenvalue weighted by atomic mass is 16.5. The smallest absolute Gasteiger partial charge is 0.237 e. The lowest BCUT2D eigenvalue weighted by Crippen LogP contribution is -2.30. The zero-order chi connectivity index (χ0) is 14.7. The molecule has 7 nitrogen and oxygen atoms in total. The maximum Gasteiger partial charge on any atom is 0.237 e. The lowest BCUT2D eigenvalue weighted by molar-refractivity contribution is 0.383. The van der Waals surface area contributed by atoms with Gasteiger partial charge in [0.2, 0.25) is 5.88 Å². The van der Waals surface area contributed by atoms with E-state index >= 15 is 0 Å². The third kappa shape index (κ3) is 2.39. The van der Waals surface area contributed by atoms with E-state index in [1.807, 2.05) is 18.2 Å². The molecule has 3 aromatic rings. The van der Waals surface area contributed by atoms with Crippen molar-refractivity contribution in [1.29, 1.82) is 0 Å². The summed E-state index contributed by atoms with van der Waals surface area (Å²) in [5.41, 5.74) is 5.76. The SMILES string of the molecule is COc1nccnc1C(NN)c1cccc2nccnc12. The zero-order valence-electron chi connectivity index (χ0n) is 11.4. The molecular weight excluding hydrogens is 268 g/mol. The highest BCUT2D eigenvalue weighted by molar-refractivity contribution is 5.78. The van der Waals surface area contributed by atoms with E-state index in [4.69, 9.17) is 10.6 Å². The Hall–Kier alpha value is -2.64. The lowest BCUT2D eigenvalue weighted by Gasteiger charge is -2.18. The van der Waals surface area contributed by atoms with Crippen LogP contribution >= 0.6 is 0 Å². The predicted molar refractivity (Wildman–Crippen MR) is 77.3 cm³/mol. The lowest BCUT2D eigenvalue weighted by atomic mass is 10.0. The van der Waals surface area contributed by atoms with Gasteiger partial charge in [0.05, 0.1) is 24.2 Å². The Morgan fingerprint density at radius 1 is 1.05 bits per heavy atom. The fraction of sp³-hybridized carbons (Fsp3) is 0.143. The minimum atomic E-state index is -0.394. The van der Waals surface area contributed by atoms with E-state index in [2.05, 4.69) is 25.4 Å². The molecule has 0 aliphatic carbocycles. The number of hydrazine groups is 1. The topological polar surface area (TPSA) is 98.8 Å². The van der Waals surface area contributed by atoms with Crippen molar-refractivity contribution in [3.8, 4) is 5.88 Å². The second-order valence-corrected chi connectivity index (χ2v) is 4.32. The number of hydrogen-bond acceptors (Lipinski definition) is 7. The fourth-order valence-corrected chi connectivity index (χ4v) is 2.26. The van der Waals surface area contributed by atoms with Gasteiger partial charge >= 0.3 is 0 Å². The van der Waals surface area contributed by atoms with Gasteiger partial charge in [0.1, 0.15) is 5.69 Å². The number of rotatable bonds is 4. The van der Waals surface area contributed by atoms with E-state index in [0.717, 1.165) is 16.6 Å². The summed E-state index contributed by atoms with van der Waals surface area (Å²) in [6.07, 6.45) is 6.46. The predicted octanol–water partition coefficient (Wildman–Crippen LogP) is 0.981. The number of ether oxygens (including phenoxy) is 1. The number of para-hydroxylation sites is 1. The molecule has 0 radical (unpaired) electrons. The molecule has 0 amide bonds. The Balaban J connectivity index is 2.19. The average Bonchev–Trinajstić information content (AvgIpc) is 2.56. The Kier molecular flexibility index (Phi) is 3.67. The second kappa shape index (κ2) is 5.78. The number of nitrogens with two attached hydrogens (primary N) is 1. The molecule has 0 saturated heterocycles. The van der Waals surface area contributed by atoms with Crippen molar-refractivity contribution in [2.75, 3.05) is 7.11 Å². The summed E-state index contributed by atoms with van der Waals surface area (Å²) in [6.45, 7) is 0. The standard InChI is InChI=1S/C14H14N6O/c1-21-14-13(18-7-8-19-14)12(20-15)9-3-2-4-10-11(9)17-6-5-16-10/h2-8,12,20H,15H2,1H3. The molecular formula is C14H14N6O. The summed E-state index contributed by atoms with van der Waals surface area (Å²) >= 11 is 0. The molecule has 0 spiro atoms. The monoisotopic (exact) mass is 282 g/mol. The van der Waals surface area contributed by atoms with Gasteiger partial charge in [0, 0.05) is 30.4 Å². The van der Waals surface area contributed by atoms with Gasteiger partial charge in [-0.3, -0.25) is 20.8 Å². The maximum absolute atomic E-state index is 5.73. The van der Waals surface area contributed by atoms with Gasteiger partial charge in [-0.25, -0.2) is 10.4 Å². The summed E-state index contributed by atoms with van der Waals surface area (Å²) in [4.78, 5) is 17.2. The molecule has 106 valence electrons. The Morgan fingerprint density at radius 3 is 2.62 bits per heavy atom. The van der Waals surface area contributed by atoms with Gasteiger partial charge in [-0.1, -0.05) is 12.1 Å². The zero-order valence-corrected chi connectivity index (χ0v) is 11.4. The van der Waals surface area contributed by atoms with Crippen LogP contribution in [-0.2, 0) is 0 Å². The molecule has 0 fully saturated rings. The Labute approximate surface area is 121 Å². The van der Waals surface area contributed by atoms with Gasteiger partial charge in [-0.2, -0.15) is 0 Å². The quantitative estimate of drug-likeness (QED) is 0.543. The number of nitrogens with one attached hydrogen (secondary N) is 1. The summed E-state index contributed by atoms with van der Waals surface area (Å²) in [5.74, 6) is 6.15. The number of hydrogen-bond donors (Lipinski definition) is 2. The van der Waals surface area contributed by atoms with E-state index in [1.165, 1.54) is 0 Å². The van der Waals surface area contributed by atoms with Gasteiger partial charge in [-0.15, -0.1) is 0 Å². The number of methoxy groups -OCH3 is 1. The molecule has 0 aliphatic rings. The minimum Gasteiger partial charge on any atom is -0.480 e. The van der Waals surface area contributed by atoms with Crippen LogP contribution in [-0.4, -0.2) is 27.0 Å². The first-order valence-corrected chi connectivity index (χ1v) is 6.35. The number of benzene rings is 1. The summed E-state index contributed by atoms with van der Waals surface area (Å²) < 4.78 is 5.26. The molecule has 1 aromatic carbocycles. The van der Waals surface area contributed by atoms with Crippen LogP contribution in [0, 0.1) is 0 Å². The van der Waals surface area contributed by atoms with Crippen LogP contribution in [0.15, 0.2) is 43.0 Å².